The highest BCUT2D eigenvalue weighted by atomic mass is 35.5. The van der Waals surface area contributed by atoms with Gasteiger partial charge < -0.3 is 4.74 Å². The summed E-state index contributed by atoms with van der Waals surface area (Å²) < 4.78 is 6.28. The van der Waals surface area contributed by atoms with Gasteiger partial charge in [-0.25, -0.2) is 4.79 Å². The molecule has 0 saturated heterocycles. The lowest BCUT2D eigenvalue weighted by molar-refractivity contribution is 0.00384. The molecule has 0 unspecified atom stereocenters. The first-order chi connectivity index (χ1) is 7.11. The molecule has 1 fully saturated rings. The molecule has 6 heteroatoms. The molecule has 0 radical (unpaired) electrons. The van der Waals surface area contributed by atoms with Crippen molar-refractivity contribution in [3.63, 3.8) is 0 Å². The summed E-state index contributed by atoms with van der Waals surface area (Å²) in [6.45, 7) is 0. The Bertz CT molecular complexity index is 442. The first-order valence-corrected chi connectivity index (χ1v) is 5.03. The minimum Gasteiger partial charge on any atom is -0.381 e. The van der Waals surface area contributed by atoms with Gasteiger partial charge in [-0.15, -0.1) is 0 Å². The van der Waals surface area contributed by atoms with E-state index < -0.39 is 5.69 Å². The van der Waals surface area contributed by atoms with Crippen LogP contribution in [-0.2, 0) is 4.74 Å². The molecule has 1 aliphatic carbocycles. The van der Waals surface area contributed by atoms with Gasteiger partial charge in [0.2, 0.25) is 0 Å². The van der Waals surface area contributed by atoms with E-state index in [1.54, 1.807) is 7.11 Å². The molecule has 1 aromatic rings. The van der Waals surface area contributed by atoms with Crippen LogP contribution < -0.4 is 11.2 Å². The van der Waals surface area contributed by atoms with Gasteiger partial charge in [-0.1, -0.05) is 11.6 Å². The van der Waals surface area contributed by atoms with Crippen LogP contribution in [0.15, 0.2) is 15.7 Å². The van der Waals surface area contributed by atoms with E-state index in [2.05, 4.69) is 4.98 Å². The Morgan fingerprint density at radius 1 is 1.53 bits per heavy atom. The maximum absolute atomic E-state index is 11.5. The van der Waals surface area contributed by atoms with E-state index in [1.165, 1.54) is 10.6 Å². The lowest BCUT2D eigenvalue weighted by Crippen LogP contribution is -2.44. The third-order valence-corrected chi connectivity index (χ3v) is 2.90. The Labute approximate surface area is 90.6 Å². The number of nitrogens with one attached hydrogen (secondary N) is 1. The fraction of sp³-hybridized carbons (Fsp3) is 0.556. The second-order valence-electron chi connectivity index (χ2n) is 3.61. The van der Waals surface area contributed by atoms with Crippen molar-refractivity contribution in [1.82, 2.24) is 9.55 Å². The smallest absolute Gasteiger partial charge is 0.329 e. The third-order valence-electron chi connectivity index (χ3n) is 2.70. The van der Waals surface area contributed by atoms with Crippen molar-refractivity contribution in [1.29, 1.82) is 0 Å². The molecule has 1 aromatic heterocycles. The SMILES string of the molecule is COC1CC(n2c(=O)cc(Cl)[nH]c2=O)C1. The number of ether oxygens (including phenoxy) is 1. The van der Waals surface area contributed by atoms with Crippen molar-refractivity contribution in [3.8, 4) is 0 Å². The highest BCUT2D eigenvalue weighted by molar-refractivity contribution is 6.29. The summed E-state index contributed by atoms with van der Waals surface area (Å²) in [6.07, 6.45) is 1.54. The van der Waals surface area contributed by atoms with Gasteiger partial charge in [0.25, 0.3) is 5.56 Å². The first-order valence-electron chi connectivity index (χ1n) is 4.66. The predicted octanol–water partition coefficient (Wildman–Crippen LogP) is 0.540. The highest BCUT2D eigenvalue weighted by Crippen LogP contribution is 2.31. The summed E-state index contributed by atoms with van der Waals surface area (Å²) in [5.74, 6) is 0. The Hall–Kier alpha value is -1.07. The van der Waals surface area contributed by atoms with Crippen LogP contribution in [-0.4, -0.2) is 22.8 Å². The number of aromatic amines is 1. The van der Waals surface area contributed by atoms with Crippen molar-refractivity contribution < 1.29 is 4.74 Å². The van der Waals surface area contributed by atoms with Crippen LogP contribution in [0.25, 0.3) is 0 Å². The number of H-pyrrole nitrogens is 1. The number of hydrogen-bond acceptors (Lipinski definition) is 3. The number of hydrogen-bond donors (Lipinski definition) is 1. The zero-order chi connectivity index (χ0) is 11.0. The van der Waals surface area contributed by atoms with Crippen molar-refractivity contribution in [3.05, 3.63) is 32.1 Å². The maximum Gasteiger partial charge on any atom is 0.329 e. The quantitative estimate of drug-likeness (QED) is 0.755. The molecule has 2 rings (SSSR count). The zero-order valence-electron chi connectivity index (χ0n) is 8.20. The lowest BCUT2D eigenvalue weighted by Gasteiger charge is -2.34. The van der Waals surface area contributed by atoms with E-state index in [0.717, 1.165) is 0 Å². The molecule has 0 spiro atoms. The molecule has 1 aliphatic rings. The second kappa shape index (κ2) is 3.83. The summed E-state index contributed by atoms with van der Waals surface area (Å²) in [6, 6.07) is 1.15. The molecule has 5 nitrogen and oxygen atoms in total. The van der Waals surface area contributed by atoms with Crippen LogP contribution >= 0.6 is 11.6 Å². The van der Waals surface area contributed by atoms with E-state index >= 15 is 0 Å². The largest absolute Gasteiger partial charge is 0.381 e. The number of nitrogens with zero attached hydrogens (tertiary/aromatic N) is 1. The summed E-state index contributed by atoms with van der Waals surface area (Å²) in [7, 11) is 1.62. The van der Waals surface area contributed by atoms with Crippen LogP contribution in [0.2, 0.25) is 5.15 Å². The van der Waals surface area contributed by atoms with Crippen LogP contribution in [0.1, 0.15) is 18.9 Å². The first kappa shape index (κ1) is 10.4. The van der Waals surface area contributed by atoms with E-state index in [-0.39, 0.29) is 22.9 Å². The lowest BCUT2D eigenvalue weighted by atomic mass is 9.89. The van der Waals surface area contributed by atoms with Gasteiger partial charge in [-0.2, -0.15) is 0 Å². The fourth-order valence-electron chi connectivity index (χ4n) is 1.76. The average molecular weight is 231 g/mol. The molecule has 0 atom stereocenters. The monoisotopic (exact) mass is 230 g/mol. The molecular weight excluding hydrogens is 220 g/mol. The summed E-state index contributed by atoms with van der Waals surface area (Å²) in [4.78, 5) is 25.4. The van der Waals surface area contributed by atoms with Gasteiger partial charge in [0.15, 0.2) is 0 Å². The van der Waals surface area contributed by atoms with Crippen molar-refractivity contribution in [2.45, 2.75) is 25.0 Å². The van der Waals surface area contributed by atoms with Crippen molar-refractivity contribution >= 4 is 11.6 Å². The summed E-state index contributed by atoms with van der Waals surface area (Å²) in [5, 5.41) is 0.0730. The van der Waals surface area contributed by atoms with E-state index in [0.29, 0.717) is 12.8 Å². The number of methoxy groups -OCH3 is 1. The molecule has 1 N–H and O–H groups in total. The maximum atomic E-state index is 11.5. The Kier molecular flexibility index (Phi) is 2.67. The fourth-order valence-corrected chi connectivity index (χ4v) is 1.94. The molecule has 1 heterocycles. The summed E-state index contributed by atoms with van der Waals surface area (Å²) in [5.41, 5.74) is -0.810. The van der Waals surface area contributed by atoms with E-state index in [9.17, 15) is 9.59 Å². The Morgan fingerprint density at radius 3 is 2.73 bits per heavy atom. The molecule has 15 heavy (non-hydrogen) atoms. The average Bonchev–Trinajstić information content (AvgIpc) is 2.06. The standard InChI is InChI=1S/C9H11ClN2O3/c1-15-6-2-5(3-6)12-8(13)4-7(10)11-9(12)14/h4-6H,2-3H2,1H3,(H,11,14). The van der Waals surface area contributed by atoms with Gasteiger partial charge in [0, 0.05) is 19.2 Å². The molecular formula is C9H11ClN2O3. The van der Waals surface area contributed by atoms with Gasteiger partial charge in [0.05, 0.1) is 6.10 Å². The van der Waals surface area contributed by atoms with Gasteiger partial charge in [0.1, 0.15) is 5.15 Å². The number of rotatable bonds is 2. The van der Waals surface area contributed by atoms with E-state index in [4.69, 9.17) is 16.3 Å². The number of aromatic nitrogens is 2. The second-order valence-corrected chi connectivity index (χ2v) is 4.02. The topological polar surface area (TPSA) is 64.1 Å². The zero-order valence-corrected chi connectivity index (χ0v) is 8.95. The van der Waals surface area contributed by atoms with Crippen LogP contribution in [0.4, 0.5) is 0 Å². The molecule has 0 amide bonds. The van der Waals surface area contributed by atoms with Crippen LogP contribution in [0.5, 0.6) is 0 Å². The Morgan fingerprint density at radius 2 is 2.20 bits per heavy atom. The molecule has 0 bridgehead atoms. The van der Waals surface area contributed by atoms with Crippen molar-refractivity contribution in [2.24, 2.45) is 0 Å². The molecule has 0 aliphatic heterocycles. The van der Waals surface area contributed by atoms with Gasteiger partial charge in [-0.3, -0.25) is 14.3 Å². The molecule has 0 aromatic carbocycles. The van der Waals surface area contributed by atoms with Crippen molar-refractivity contribution in [2.75, 3.05) is 7.11 Å². The third kappa shape index (κ3) is 1.85. The normalized spacial score (nSPS) is 24.9. The minimum absolute atomic E-state index is 0.0662. The van der Waals surface area contributed by atoms with Crippen LogP contribution in [0.3, 0.4) is 0 Å². The Balaban J connectivity index is 2.31. The van der Waals surface area contributed by atoms with E-state index in [1.807, 2.05) is 0 Å². The van der Waals surface area contributed by atoms with Gasteiger partial charge >= 0.3 is 5.69 Å². The van der Waals surface area contributed by atoms with Gasteiger partial charge in [-0.05, 0) is 12.8 Å². The molecule has 1 saturated carbocycles. The molecule has 82 valence electrons. The summed E-state index contributed by atoms with van der Waals surface area (Å²) >= 11 is 5.55. The highest BCUT2D eigenvalue weighted by Gasteiger charge is 2.32. The minimum atomic E-state index is -0.452. The predicted molar refractivity (Wildman–Crippen MR) is 55.4 cm³/mol. The number of halogens is 1. The van der Waals surface area contributed by atoms with Crippen LogP contribution in [0, 0.1) is 0 Å².